The molecule has 1 aliphatic rings. The fraction of sp³-hybridized carbons (Fsp3) is 0.545. The number of aromatic nitrogens is 1. The molecule has 0 amide bonds. The van der Waals surface area contributed by atoms with Gasteiger partial charge in [-0.1, -0.05) is 11.6 Å². The van der Waals surface area contributed by atoms with Gasteiger partial charge in [-0.05, 0) is 30.9 Å². The smallest absolute Gasteiger partial charge is 0.0759 e. The highest BCUT2D eigenvalue weighted by atomic mass is 35.5. The Bertz CT molecular complexity index is 326. The number of nitrogens with two attached hydrogens (primary N) is 1. The van der Waals surface area contributed by atoms with Gasteiger partial charge in [-0.3, -0.25) is 4.98 Å². The summed E-state index contributed by atoms with van der Waals surface area (Å²) < 4.78 is 5.31. The Hall–Kier alpha value is -0.640. The van der Waals surface area contributed by atoms with Crippen LogP contribution in [0.2, 0.25) is 5.02 Å². The molecule has 0 saturated carbocycles. The van der Waals surface area contributed by atoms with Crippen molar-refractivity contribution < 1.29 is 4.74 Å². The number of rotatable bonds is 2. The van der Waals surface area contributed by atoms with Crippen LogP contribution in [0.5, 0.6) is 0 Å². The third kappa shape index (κ3) is 2.48. The minimum absolute atomic E-state index is 0.0670. The third-order valence-electron chi connectivity index (χ3n) is 2.88. The number of halogens is 1. The van der Waals surface area contributed by atoms with Crippen LogP contribution in [-0.2, 0) is 4.74 Å². The number of pyridine rings is 1. The van der Waals surface area contributed by atoms with Crippen molar-refractivity contribution in [3.8, 4) is 0 Å². The molecule has 15 heavy (non-hydrogen) atoms. The molecule has 0 aromatic carbocycles. The molecule has 3 nitrogen and oxygen atoms in total. The van der Waals surface area contributed by atoms with E-state index in [-0.39, 0.29) is 6.04 Å². The van der Waals surface area contributed by atoms with Gasteiger partial charge in [0.25, 0.3) is 0 Å². The molecular formula is C11H15ClN2O. The third-order valence-corrected chi connectivity index (χ3v) is 3.20. The molecule has 2 N–H and O–H groups in total. The quantitative estimate of drug-likeness (QED) is 0.841. The lowest BCUT2D eigenvalue weighted by Gasteiger charge is -2.27. The molecule has 0 bridgehead atoms. The van der Waals surface area contributed by atoms with Crippen LogP contribution in [0, 0.1) is 5.92 Å². The Balaban J connectivity index is 2.12. The molecule has 1 aromatic heterocycles. The largest absolute Gasteiger partial charge is 0.381 e. The van der Waals surface area contributed by atoms with E-state index in [0.29, 0.717) is 10.9 Å². The SMILES string of the molecule is NC(c1ncccc1Cl)C1CCOCC1. The molecule has 1 aromatic rings. The van der Waals surface area contributed by atoms with Crippen molar-refractivity contribution >= 4 is 11.6 Å². The monoisotopic (exact) mass is 226 g/mol. The van der Waals surface area contributed by atoms with Gasteiger partial charge in [0.1, 0.15) is 0 Å². The Labute approximate surface area is 94.6 Å². The first-order valence-electron chi connectivity index (χ1n) is 5.23. The van der Waals surface area contributed by atoms with Gasteiger partial charge < -0.3 is 10.5 Å². The molecule has 0 radical (unpaired) electrons. The van der Waals surface area contributed by atoms with Crippen LogP contribution in [0.3, 0.4) is 0 Å². The zero-order valence-electron chi connectivity index (χ0n) is 8.53. The number of nitrogens with zero attached hydrogens (tertiary/aromatic N) is 1. The maximum Gasteiger partial charge on any atom is 0.0759 e. The highest BCUT2D eigenvalue weighted by molar-refractivity contribution is 6.31. The number of ether oxygens (including phenoxy) is 1. The minimum atomic E-state index is -0.0670. The topological polar surface area (TPSA) is 48.1 Å². The van der Waals surface area contributed by atoms with E-state index in [4.69, 9.17) is 22.1 Å². The lowest BCUT2D eigenvalue weighted by atomic mass is 9.90. The van der Waals surface area contributed by atoms with Crippen LogP contribution >= 0.6 is 11.6 Å². The maximum absolute atomic E-state index is 6.17. The molecule has 0 spiro atoms. The van der Waals surface area contributed by atoms with Gasteiger partial charge in [0.2, 0.25) is 0 Å². The second-order valence-corrected chi connectivity index (χ2v) is 4.25. The van der Waals surface area contributed by atoms with Crippen molar-refractivity contribution in [1.29, 1.82) is 0 Å². The second kappa shape index (κ2) is 4.92. The van der Waals surface area contributed by atoms with Crippen molar-refractivity contribution in [3.63, 3.8) is 0 Å². The molecule has 1 aliphatic heterocycles. The highest BCUT2D eigenvalue weighted by Gasteiger charge is 2.24. The summed E-state index contributed by atoms with van der Waals surface area (Å²) in [6, 6.07) is 3.59. The zero-order chi connectivity index (χ0) is 10.7. The standard InChI is InChI=1S/C11H15ClN2O/c12-9-2-1-5-14-11(9)10(13)8-3-6-15-7-4-8/h1-2,5,8,10H,3-4,6-7,13H2. The van der Waals surface area contributed by atoms with E-state index in [2.05, 4.69) is 4.98 Å². The predicted molar refractivity (Wildman–Crippen MR) is 59.7 cm³/mol. The van der Waals surface area contributed by atoms with Crippen molar-refractivity contribution in [3.05, 3.63) is 29.0 Å². The summed E-state index contributed by atoms with van der Waals surface area (Å²) in [7, 11) is 0. The Morgan fingerprint density at radius 1 is 1.47 bits per heavy atom. The Kier molecular flexibility index (Phi) is 3.57. The Morgan fingerprint density at radius 2 is 2.20 bits per heavy atom. The highest BCUT2D eigenvalue weighted by Crippen LogP contribution is 2.30. The summed E-state index contributed by atoms with van der Waals surface area (Å²) in [4.78, 5) is 4.26. The molecule has 1 fully saturated rings. The van der Waals surface area contributed by atoms with Crippen molar-refractivity contribution in [2.24, 2.45) is 11.7 Å². The molecule has 82 valence electrons. The fourth-order valence-corrected chi connectivity index (χ4v) is 2.19. The van der Waals surface area contributed by atoms with Crippen LogP contribution in [0.1, 0.15) is 24.6 Å². The van der Waals surface area contributed by atoms with E-state index in [1.807, 2.05) is 12.1 Å². The summed E-state index contributed by atoms with van der Waals surface area (Å²) in [6.45, 7) is 1.59. The molecule has 2 rings (SSSR count). The van der Waals surface area contributed by atoms with Crippen LogP contribution in [0.15, 0.2) is 18.3 Å². The van der Waals surface area contributed by atoms with Crippen molar-refractivity contribution in [1.82, 2.24) is 4.98 Å². The van der Waals surface area contributed by atoms with Gasteiger partial charge >= 0.3 is 0 Å². The van der Waals surface area contributed by atoms with E-state index < -0.39 is 0 Å². The van der Waals surface area contributed by atoms with E-state index >= 15 is 0 Å². The van der Waals surface area contributed by atoms with E-state index in [1.54, 1.807) is 6.20 Å². The molecule has 0 aliphatic carbocycles. The van der Waals surface area contributed by atoms with E-state index in [9.17, 15) is 0 Å². The van der Waals surface area contributed by atoms with Gasteiger partial charge in [0, 0.05) is 19.4 Å². The van der Waals surface area contributed by atoms with E-state index in [1.165, 1.54) is 0 Å². The van der Waals surface area contributed by atoms with Crippen LogP contribution in [-0.4, -0.2) is 18.2 Å². The second-order valence-electron chi connectivity index (χ2n) is 3.85. The van der Waals surface area contributed by atoms with Crippen LogP contribution < -0.4 is 5.73 Å². The van der Waals surface area contributed by atoms with Gasteiger partial charge in [-0.2, -0.15) is 0 Å². The summed E-state index contributed by atoms with van der Waals surface area (Å²) >= 11 is 6.06. The van der Waals surface area contributed by atoms with Gasteiger partial charge in [-0.25, -0.2) is 0 Å². The first-order chi connectivity index (χ1) is 7.29. The molecule has 1 saturated heterocycles. The normalized spacial score (nSPS) is 20.1. The molecule has 4 heteroatoms. The summed E-state index contributed by atoms with van der Waals surface area (Å²) in [5.74, 6) is 0.436. The zero-order valence-corrected chi connectivity index (χ0v) is 9.28. The van der Waals surface area contributed by atoms with Crippen molar-refractivity contribution in [2.45, 2.75) is 18.9 Å². The number of hydrogen-bond acceptors (Lipinski definition) is 3. The van der Waals surface area contributed by atoms with Gasteiger partial charge in [0.15, 0.2) is 0 Å². The molecule has 2 heterocycles. The van der Waals surface area contributed by atoms with Gasteiger partial charge in [0.05, 0.1) is 16.8 Å². The van der Waals surface area contributed by atoms with Crippen LogP contribution in [0.4, 0.5) is 0 Å². The fourth-order valence-electron chi connectivity index (χ4n) is 1.94. The number of hydrogen-bond donors (Lipinski definition) is 1. The average molecular weight is 227 g/mol. The molecular weight excluding hydrogens is 212 g/mol. The lowest BCUT2D eigenvalue weighted by molar-refractivity contribution is 0.0579. The summed E-state index contributed by atoms with van der Waals surface area (Å²) in [6.07, 6.45) is 3.72. The minimum Gasteiger partial charge on any atom is -0.381 e. The molecule has 1 atom stereocenters. The predicted octanol–water partition coefficient (Wildman–Crippen LogP) is 2.16. The first kappa shape index (κ1) is 10.9. The molecule has 1 unspecified atom stereocenters. The van der Waals surface area contributed by atoms with Crippen LogP contribution in [0.25, 0.3) is 0 Å². The van der Waals surface area contributed by atoms with E-state index in [0.717, 1.165) is 31.7 Å². The summed E-state index contributed by atoms with van der Waals surface area (Å²) in [5.41, 5.74) is 6.98. The maximum atomic E-state index is 6.17. The van der Waals surface area contributed by atoms with Crippen molar-refractivity contribution in [2.75, 3.05) is 13.2 Å². The van der Waals surface area contributed by atoms with Gasteiger partial charge in [-0.15, -0.1) is 0 Å². The average Bonchev–Trinajstić information content (AvgIpc) is 2.30. The lowest BCUT2D eigenvalue weighted by Crippen LogP contribution is -2.28. The Morgan fingerprint density at radius 3 is 2.87 bits per heavy atom. The first-order valence-corrected chi connectivity index (χ1v) is 5.60. The summed E-state index contributed by atoms with van der Waals surface area (Å²) in [5, 5.41) is 0.663.